The molecule has 0 radical (unpaired) electrons. The number of hydrogen-bond donors (Lipinski definition) is 2. The average Bonchev–Trinajstić information content (AvgIpc) is 3.71. The molecule has 12 rings (SSSR count). The number of piperidine rings is 4. The quantitative estimate of drug-likeness (QED) is 0.212. The predicted octanol–water partition coefficient (Wildman–Crippen LogP) is 7.47. The highest BCUT2D eigenvalue weighted by Gasteiger charge is 2.53. The molecule has 4 aromatic rings. The van der Waals surface area contributed by atoms with E-state index in [1.54, 1.807) is 0 Å². The lowest BCUT2D eigenvalue weighted by atomic mass is 9.59. The minimum absolute atomic E-state index is 0.267. The Hall–Kier alpha value is -2.78. The second-order valence-electron chi connectivity index (χ2n) is 16.7. The molecule has 0 spiro atoms. The summed E-state index contributed by atoms with van der Waals surface area (Å²) < 4.78 is 2.68. The number of fused-ring (bicyclic) bond motifs is 6. The maximum Gasteiger partial charge on any atom is 0.101 e. The van der Waals surface area contributed by atoms with Crippen LogP contribution in [0.5, 0.6) is 0 Å². The topological polar surface area (TPSA) is 56.3 Å². The van der Waals surface area contributed by atoms with Gasteiger partial charge in [-0.15, -0.1) is 22.7 Å². The lowest BCUT2D eigenvalue weighted by Gasteiger charge is -2.55. The molecule has 6 fully saturated rings. The van der Waals surface area contributed by atoms with E-state index < -0.39 is 0 Å². The van der Waals surface area contributed by atoms with Crippen molar-refractivity contribution in [3.63, 3.8) is 0 Å². The fraction of sp³-hybridized carbons (Fsp3) is 0.550. The number of nitrogens with zero attached hydrogens (tertiary/aromatic N) is 4. The summed E-state index contributed by atoms with van der Waals surface area (Å²) in [6.07, 6.45) is 13.7. The standard InChI is InChI=1S/C40H48N6S2/c1-25-3-7-31(41-19-25)29-5-9-36-34(13-29)44-38(48-36)40-17-28(18-40)22-46(24-40)12-11-26-4-8-32(42-20-26)30-6-10-35-33(14-30)43-37(47-35)39-15-27(16-39)21-45(2)23-39/h5-10,13-14,25-28,41-42H,3-4,11-12,15-24H2,1-2H3/t25-,26+,27?,28?,39?,40?/m0/s1. The molecule has 0 unspecified atom stereocenters. The molecule has 0 amide bonds. The largest absolute Gasteiger partial charge is 0.385 e. The Morgan fingerprint density at radius 3 is 1.96 bits per heavy atom. The highest BCUT2D eigenvalue weighted by molar-refractivity contribution is 7.19. The first-order valence-electron chi connectivity index (χ1n) is 18.5. The summed E-state index contributed by atoms with van der Waals surface area (Å²) in [4.78, 5) is 15.8. The first kappa shape index (κ1) is 30.1. The van der Waals surface area contributed by atoms with Crippen LogP contribution in [0.4, 0.5) is 0 Å². The Morgan fingerprint density at radius 2 is 1.38 bits per heavy atom. The van der Waals surface area contributed by atoms with Crippen LogP contribution in [0.3, 0.4) is 0 Å². The predicted molar refractivity (Wildman–Crippen MR) is 200 cm³/mol. The van der Waals surface area contributed by atoms with Gasteiger partial charge in [0.25, 0.3) is 0 Å². The van der Waals surface area contributed by atoms with Gasteiger partial charge in [-0.2, -0.15) is 0 Å². The van der Waals surface area contributed by atoms with Crippen LogP contribution >= 0.6 is 22.7 Å². The minimum Gasteiger partial charge on any atom is -0.385 e. The van der Waals surface area contributed by atoms with Gasteiger partial charge in [0.2, 0.25) is 0 Å². The summed E-state index contributed by atoms with van der Waals surface area (Å²) in [5.41, 5.74) is 8.11. The zero-order chi connectivity index (χ0) is 32.0. The van der Waals surface area contributed by atoms with E-state index in [1.807, 2.05) is 22.7 Å². The zero-order valence-corrected chi connectivity index (χ0v) is 30.1. The van der Waals surface area contributed by atoms with Crippen LogP contribution < -0.4 is 10.6 Å². The van der Waals surface area contributed by atoms with E-state index in [9.17, 15) is 0 Å². The summed E-state index contributed by atoms with van der Waals surface area (Å²) in [5, 5.41) is 10.2. The molecule has 2 aromatic heterocycles. The molecule has 4 bridgehead atoms. The smallest absolute Gasteiger partial charge is 0.101 e. The van der Waals surface area contributed by atoms with Crippen molar-refractivity contribution in [1.82, 2.24) is 30.4 Å². The van der Waals surface area contributed by atoms with Gasteiger partial charge < -0.3 is 20.4 Å². The zero-order valence-electron chi connectivity index (χ0n) is 28.4. The van der Waals surface area contributed by atoms with E-state index in [2.05, 4.69) is 83.0 Å². The maximum absolute atomic E-state index is 5.30. The van der Waals surface area contributed by atoms with Gasteiger partial charge >= 0.3 is 0 Å². The molecule has 8 aliphatic rings. The van der Waals surface area contributed by atoms with Crippen molar-refractivity contribution in [2.24, 2.45) is 23.7 Å². The third-order valence-electron chi connectivity index (χ3n) is 12.7. The molecular formula is C40H48N6S2. The van der Waals surface area contributed by atoms with Gasteiger partial charge in [-0.05, 0) is 118 Å². The number of allylic oxidation sites excluding steroid dienone is 2. The Labute approximate surface area is 292 Å². The normalized spacial score (nSPS) is 33.4. The highest BCUT2D eigenvalue weighted by Crippen LogP contribution is 2.54. The van der Waals surface area contributed by atoms with E-state index in [0.717, 1.165) is 37.8 Å². The van der Waals surface area contributed by atoms with Gasteiger partial charge in [-0.25, -0.2) is 9.97 Å². The van der Waals surface area contributed by atoms with E-state index in [1.165, 1.54) is 118 Å². The molecule has 6 aliphatic heterocycles. The fourth-order valence-electron chi connectivity index (χ4n) is 10.3. The summed E-state index contributed by atoms with van der Waals surface area (Å²) in [6.45, 7) is 10.5. The molecule has 2 atom stereocenters. The molecule has 8 heteroatoms. The third-order valence-corrected chi connectivity index (χ3v) is 15.2. The van der Waals surface area contributed by atoms with Crippen molar-refractivity contribution in [3.05, 3.63) is 69.7 Å². The molecule has 2 aliphatic carbocycles. The number of thiazole rings is 2. The van der Waals surface area contributed by atoms with Crippen LogP contribution in [-0.2, 0) is 10.8 Å². The van der Waals surface area contributed by atoms with Crippen molar-refractivity contribution < 1.29 is 0 Å². The number of likely N-dealkylation sites (N-methyl/N-ethyl adjacent to an activating group) is 1. The summed E-state index contributed by atoms with van der Waals surface area (Å²) in [7, 11) is 2.28. The van der Waals surface area contributed by atoms with Gasteiger partial charge in [-0.3, -0.25) is 0 Å². The van der Waals surface area contributed by atoms with Gasteiger partial charge in [0.05, 0.1) is 20.4 Å². The molecule has 2 N–H and O–H groups in total. The second-order valence-corrected chi connectivity index (χ2v) is 18.7. The van der Waals surface area contributed by atoms with Gasteiger partial charge in [0, 0.05) is 61.5 Å². The molecule has 6 nitrogen and oxygen atoms in total. The van der Waals surface area contributed by atoms with E-state index in [-0.39, 0.29) is 5.41 Å². The Kier molecular flexibility index (Phi) is 7.13. The summed E-state index contributed by atoms with van der Waals surface area (Å²) >= 11 is 3.89. The highest BCUT2D eigenvalue weighted by atomic mass is 32.1. The van der Waals surface area contributed by atoms with Crippen LogP contribution in [0.15, 0.2) is 48.6 Å². The lowest BCUT2D eigenvalue weighted by molar-refractivity contribution is -0.00599. The SMILES string of the molecule is C[C@H]1CC=C(c2ccc3sc(C45CC(CN(CC[C@H]6CC=C(c7ccc8sc(C9%10CC(CN(C)C9)C%10)nc8c7)NC6)C4)C5)nc3c2)NC1. The van der Waals surface area contributed by atoms with Gasteiger partial charge in [0.15, 0.2) is 0 Å². The Morgan fingerprint density at radius 1 is 0.771 bits per heavy atom. The van der Waals surface area contributed by atoms with E-state index in [4.69, 9.17) is 9.97 Å². The van der Waals surface area contributed by atoms with Crippen LogP contribution in [-0.4, -0.2) is 72.6 Å². The number of benzene rings is 2. The van der Waals surface area contributed by atoms with Gasteiger partial charge in [0.1, 0.15) is 10.0 Å². The summed E-state index contributed by atoms with van der Waals surface area (Å²) in [6, 6.07) is 13.9. The molecule has 48 heavy (non-hydrogen) atoms. The average molecular weight is 677 g/mol. The minimum atomic E-state index is 0.267. The van der Waals surface area contributed by atoms with Crippen molar-refractivity contribution >= 4 is 54.5 Å². The van der Waals surface area contributed by atoms with Crippen LogP contribution in [0.25, 0.3) is 31.8 Å². The van der Waals surface area contributed by atoms with Crippen LogP contribution in [0, 0.1) is 23.7 Å². The molecule has 2 aromatic carbocycles. The molecule has 2 saturated carbocycles. The molecule has 250 valence electrons. The number of aromatic nitrogens is 2. The Bertz CT molecular complexity index is 1940. The monoisotopic (exact) mass is 676 g/mol. The van der Waals surface area contributed by atoms with Crippen LogP contribution in [0.1, 0.15) is 73.0 Å². The first-order valence-corrected chi connectivity index (χ1v) is 20.1. The molecule has 4 saturated heterocycles. The maximum atomic E-state index is 5.30. The van der Waals surface area contributed by atoms with Crippen LogP contribution in [0.2, 0.25) is 0 Å². The Balaban J connectivity index is 0.774. The van der Waals surface area contributed by atoms with Crippen molar-refractivity contribution in [2.75, 3.05) is 52.9 Å². The number of hydrogen-bond acceptors (Lipinski definition) is 8. The number of rotatable bonds is 7. The van der Waals surface area contributed by atoms with Crippen molar-refractivity contribution in [1.29, 1.82) is 0 Å². The van der Waals surface area contributed by atoms with Crippen molar-refractivity contribution in [3.8, 4) is 0 Å². The number of nitrogens with one attached hydrogen (secondary N) is 2. The fourth-order valence-corrected chi connectivity index (χ4v) is 12.6. The summed E-state index contributed by atoms with van der Waals surface area (Å²) in [5.74, 6) is 3.11. The van der Waals surface area contributed by atoms with E-state index >= 15 is 0 Å². The lowest BCUT2D eigenvalue weighted by Crippen LogP contribution is -2.59. The van der Waals surface area contributed by atoms with Gasteiger partial charge in [-0.1, -0.05) is 31.2 Å². The third kappa shape index (κ3) is 5.16. The molecular weight excluding hydrogens is 629 g/mol. The van der Waals surface area contributed by atoms with Crippen molar-refractivity contribution in [2.45, 2.75) is 62.7 Å². The van der Waals surface area contributed by atoms with E-state index in [0.29, 0.717) is 17.3 Å². The second kappa shape index (κ2) is 11.4. The first-order chi connectivity index (χ1) is 23.4. The molecule has 8 heterocycles.